The molecule has 1 aliphatic heterocycles. The van der Waals surface area contributed by atoms with Crippen molar-refractivity contribution in [1.82, 2.24) is 10.2 Å². The van der Waals surface area contributed by atoms with Gasteiger partial charge in [-0.05, 0) is 48.6 Å². The average Bonchev–Trinajstić information content (AvgIpc) is 3.44. The number of aliphatic hydroxyl groups excluding tert-OH is 2. The summed E-state index contributed by atoms with van der Waals surface area (Å²) in [4.78, 5) is 28.7. The van der Waals surface area contributed by atoms with Crippen molar-refractivity contribution in [3.05, 3.63) is 60.2 Å². The first-order chi connectivity index (χ1) is 17.0. The Morgan fingerprint density at radius 1 is 0.914 bits per heavy atom. The molecule has 1 aliphatic carbocycles. The molecule has 188 valence electrons. The Hall–Kier alpha value is -3.10. The lowest BCUT2D eigenvalue weighted by molar-refractivity contribution is -0.153. The van der Waals surface area contributed by atoms with Crippen LogP contribution in [0.1, 0.15) is 31.2 Å². The molecule has 2 atom stereocenters. The van der Waals surface area contributed by atoms with Crippen LogP contribution in [0.2, 0.25) is 0 Å². The largest absolute Gasteiger partial charge is 0.493 e. The van der Waals surface area contributed by atoms with Crippen molar-refractivity contribution in [3.8, 4) is 5.75 Å². The van der Waals surface area contributed by atoms with Gasteiger partial charge in [0.2, 0.25) is 0 Å². The number of rotatable bonds is 9. The van der Waals surface area contributed by atoms with E-state index in [0.717, 1.165) is 23.6 Å². The summed E-state index contributed by atoms with van der Waals surface area (Å²) in [6.45, 7) is 2.96. The van der Waals surface area contributed by atoms with Crippen LogP contribution in [0.25, 0.3) is 0 Å². The van der Waals surface area contributed by atoms with Crippen molar-refractivity contribution in [2.45, 2.75) is 44.4 Å². The minimum Gasteiger partial charge on any atom is -0.493 e. The third-order valence-electron chi connectivity index (χ3n) is 6.88. The molecule has 0 aromatic heterocycles. The van der Waals surface area contributed by atoms with Crippen molar-refractivity contribution >= 4 is 17.5 Å². The van der Waals surface area contributed by atoms with Gasteiger partial charge < -0.3 is 30.1 Å². The maximum Gasteiger partial charge on any atom is 0.254 e. The van der Waals surface area contributed by atoms with Crippen LogP contribution in [0.5, 0.6) is 5.75 Å². The van der Waals surface area contributed by atoms with Gasteiger partial charge in [-0.15, -0.1) is 0 Å². The van der Waals surface area contributed by atoms with E-state index in [2.05, 4.69) is 10.2 Å². The first-order valence-electron chi connectivity index (χ1n) is 12.5. The van der Waals surface area contributed by atoms with Gasteiger partial charge in [-0.1, -0.05) is 43.2 Å². The number of hydrogen-bond acceptors (Lipinski definition) is 6. The van der Waals surface area contributed by atoms with Crippen LogP contribution in [0.4, 0.5) is 5.69 Å². The van der Waals surface area contributed by atoms with Gasteiger partial charge >= 0.3 is 0 Å². The minimum absolute atomic E-state index is 0.176. The second kappa shape index (κ2) is 12.0. The molecule has 0 radical (unpaired) electrons. The Balaban J connectivity index is 1.19. The average molecular weight is 482 g/mol. The van der Waals surface area contributed by atoms with Crippen LogP contribution in [-0.4, -0.2) is 71.9 Å². The van der Waals surface area contributed by atoms with Gasteiger partial charge in [0.1, 0.15) is 5.75 Å². The lowest BCUT2D eigenvalue weighted by Gasteiger charge is -2.37. The zero-order valence-electron chi connectivity index (χ0n) is 20.0. The summed E-state index contributed by atoms with van der Waals surface area (Å²) in [5.41, 5.74) is 1.91. The fourth-order valence-electron chi connectivity index (χ4n) is 4.68. The second-order valence-corrected chi connectivity index (χ2v) is 9.36. The van der Waals surface area contributed by atoms with E-state index in [1.54, 1.807) is 0 Å². The molecule has 8 heteroatoms. The lowest BCUT2D eigenvalue weighted by Crippen LogP contribution is -2.55. The van der Waals surface area contributed by atoms with Crippen LogP contribution in [0.3, 0.4) is 0 Å². The molecule has 2 fully saturated rings. The van der Waals surface area contributed by atoms with Crippen molar-refractivity contribution in [2.75, 3.05) is 37.7 Å². The molecule has 35 heavy (non-hydrogen) atoms. The Morgan fingerprint density at radius 3 is 2.23 bits per heavy atom. The van der Waals surface area contributed by atoms with E-state index in [4.69, 9.17) is 4.74 Å². The van der Waals surface area contributed by atoms with Crippen LogP contribution in [0.15, 0.2) is 54.6 Å². The molecule has 3 N–H and O–H groups in total. The molecule has 0 unspecified atom stereocenters. The second-order valence-electron chi connectivity index (χ2n) is 9.36. The van der Waals surface area contributed by atoms with Crippen molar-refractivity contribution in [1.29, 1.82) is 0 Å². The number of ether oxygens (including phenoxy) is 1. The number of nitrogens with one attached hydrogen (secondary N) is 1. The standard InChI is InChI=1S/C27H35N3O5/c31-24(25(32)27(34)30-16-14-29(15-17-30)22-8-2-1-3-9-22)26(33)28-18-20-10-12-23(13-11-20)35-19-21-6-4-5-7-21/h1-3,8-13,21,24-25,31-32H,4-7,14-19H2,(H,28,33)/t24-,25-/m1/s1. The van der Waals surface area contributed by atoms with Crippen LogP contribution in [0, 0.1) is 5.92 Å². The van der Waals surface area contributed by atoms with Gasteiger partial charge in [0.25, 0.3) is 11.8 Å². The van der Waals surface area contributed by atoms with Gasteiger partial charge in [0.15, 0.2) is 12.2 Å². The topological polar surface area (TPSA) is 102 Å². The number of amides is 2. The zero-order valence-corrected chi connectivity index (χ0v) is 20.0. The fraction of sp³-hybridized carbons (Fsp3) is 0.481. The summed E-state index contributed by atoms with van der Waals surface area (Å²) < 4.78 is 5.85. The summed E-state index contributed by atoms with van der Waals surface area (Å²) in [6.07, 6.45) is 1.39. The summed E-state index contributed by atoms with van der Waals surface area (Å²) in [5.74, 6) is 0.0113. The first-order valence-corrected chi connectivity index (χ1v) is 12.5. The van der Waals surface area contributed by atoms with Crippen molar-refractivity contribution in [3.63, 3.8) is 0 Å². The third-order valence-corrected chi connectivity index (χ3v) is 6.88. The number of hydrogen-bond donors (Lipinski definition) is 3. The number of para-hydroxylation sites is 1. The highest BCUT2D eigenvalue weighted by Gasteiger charge is 2.34. The van der Waals surface area contributed by atoms with Crippen LogP contribution in [-0.2, 0) is 16.1 Å². The number of nitrogens with zero attached hydrogens (tertiary/aromatic N) is 2. The van der Waals surface area contributed by atoms with Gasteiger partial charge in [-0.3, -0.25) is 9.59 Å². The van der Waals surface area contributed by atoms with E-state index in [-0.39, 0.29) is 6.54 Å². The molecule has 2 aromatic carbocycles. The van der Waals surface area contributed by atoms with E-state index >= 15 is 0 Å². The van der Waals surface area contributed by atoms with E-state index in [1.165, 1.54) is 30.6 Å². The number of carbonyl (C=O) groups is 2. The maximum absolute atomic E-state index is 12.7. The number of anilines is 1. The fourth-order valence-corrected chi connectivity index (χ4v) is 4.68. The van der Waals surface area contributed by atoms with E-state index in [0.29, 0.717) is 32.1 Å². The highest BCUT2D eigenvalue weighted by atomic mass is 16.5. The monoisotopic (exact) mass is 481 g/mol. The molecule has 0 bridgehead atoms. The smallest absolute Gasteiger partial charge is 0.254 e. The third kappa shape index (κ3) is 6.74. The molecule has 8 nitrogen and oxygen atoms in total. The molecule has 1 heterocycles. The lowest BCUT2D eigenvalue weighted by atomic mass is 10.1. The van der Waals surface area contributed by atoms with Crippen LogP contribution < -0.4 is 15.0 Å². The van der Waals surface area contributed by atoms with Crippen molar-refractivity contribution < 1.29 is 24.5 Å². The molecule has 2 aromatic rings. The Morgan fingerprint density at radius 2 is 1.57 bits per heavy atom. The molecular weight excluding hydrogens is 446 g/mol. The Bertz CT molecular complexity index is 955. The summed E-state index contributed by atoms with van der Waals surface area (Å²) in [5, 5.41) is 23.2. The van der Waals surface area contributed by atoms with E-state index in [9.17, 15) is 19.8 Å². The maximum atomic E-state index is 12.7. The van der Waals surface area contributed by atoms with Gasteiger partial charge in [0, 0.05) is 38.4 Å². The SMILES string of the molecule is O=C(NCc1ccc(OCC2CCCC2)cc1)[C@H](O)[C@@H](O)C(=O)N1CCN(c2ccccc2)CC1. The molecule has 1 saturated heterocycles. The van der Waals surface area contributed by atoms with Gasteiger partial charge in [0.05, 0.1) is 6.61 Å². The first kappa shape index (κ1) is 25.0. The summed E-state index contributed by atoms with van der Waals surface area (Å²) in [6, 6.07) is 17.3. The number of piperazine rings is 1. The molecular formula is C27H35N3O5. The summed E-state index contributed by atoms with van der Waals surface area (Å²) >= 11 is 0. The molecule has 4 rings (SSSR count). The molecule has 2 aliphatic rings. The normalized spacial score (nSPS) is 18.2. The number of benzene rings is 2. The van der Waals surface area contributed by atoms with Crippen molar-refractivity contribution in [2.24, 2.45) is 5.92 Å². The predicted octanol–water partition coefficient (Wildman–Crippen LogP) is 1.94. The molecule has 2 amide bonds. The Kier molecular flexibility index (Phi) is 8.60. The molecule has 1 saturated carbocycles. The minimum atomic E-state index is -1.83. The zero-order chi connectivity index (χ0) is 24.6. The Labute approximate surface area is 206 Å². The highest BCUT2D eigenvalue weighted by Crippen LogP contribution is 2.25. The van der Waals surface area contributed by atoms with Gasteiger partial charge in [-0.25, -0.2) is 0 Å². The number of aliphatic hydroxyl groups is 2. The van der Waals surface area contributed by atoms with Gasteiger partial charge in [-0.2, -0.15) is 0 Å². The van der Waals surface area contributed by atoms with E-state index in [1.807, 2.05) is 54.6 Å². The highest BCUT2D eigenvalue weighted by molar-refractivity contribution is 5.90. The summed E-state index contributed by atoms with van der Waals surface area (Å²) in [7, 11) is 0. The van der Waals surface area contributed by atoms with Crippen LogP contribution >= 0.6 is 0 Å². The van der Waals surface area contributed by atoms with E-state index < -0.39 is 24.0 Å². The predicted molar refractivity (Wildman–Crippen MR) is 133 cm³/mol. The number of carbonyl (C=O) groups excluding carboxylic acids is 2. The quantitative estimate of drug-likeness (QED) is 0.506. The molecule has 0 spiro atoms.